The second-order valence-electron chi connectivity index (χ2n) is 4.86. The zero-order chi connectivity index (χ0) is 13.9. The van der Waals surface area contributed by atoms with E-state index in [0.717, 1.165) is 29.9 Å². The molecule has 1 aromatic carbocycles. The van der Waals surface area contributed by atoms with Gasteiger partial charge >= 0.3 is 0 Å². The molecule has 0 radical (unpaired) electrons. The fourth-order valence-electron chi connectivity index (χ4n) is 1.91. The molecule has 0 bridgehead atoms. The highest BCUT2D eigenvalue weighted by molar-refractivity contribution is 5.95. The minimum Gasteiger partial charge on any atom is -0.372 e. The van der Waals surface area contributed by atoms with Crippen molar-refractivity contribution in [1.29, 1.82) is 0 Å². The summed E-state index contributed by atoms with van der Waals surface area (Å²) in [5, 5.41) is 5.93. The molecule has 1 amide bonds. The van der Waals surface area contributed by atoms with E-state index in [1.54, 1.807) is 19.4 Å². The molecule has 2 aromatic rings. The van der Waals surface area contributed by atoms with E-state index in [4.69, 9.17) is 0 Å². The molecule has 102 valence electrons. The SMILES string of the molecule is CNc1cncc(-c2ccc(C(=O)NC3CC3)cc2)n1. The quantitative estimate of drug-likeness (QED) is 0.891. The number of aromatic nitrogens is 2. The maximum atomic E-state index is 11.9. The van der Waals surface area contributed by atoms with Crippen LogP contribution in [0.5, 0.6) is 0 Å². The fourth-order valence-corrected chi connectivity index (χ4v) is 1.91. The Hall–Kier alpha value is -2.43. The van der Waals surface area contributed by atoms with Crippen LogP contribution in [0.1, 0.15) is 23.2 Å². The molecule has 0 unspecified atom stereocenters. The highest BCUT2D eigenvalue weighted by Crippen LogP contribution is 2.21. The summed E-state index contributed by atoms with van der Waals surface area (Å²) in [6.45, 7) is 0. The Morgan fingerprint density at radius 2 is 1.95 bits per heavy atom. The first-order valence-corrected chi connectivity index (χ1v) is 6.67. The van der Waals surface area contributed by atoms with E-state index >= 15 is 0 Å². The third-order valence-corrected chi connectivity index (χ3v) is 3.25. The number of hydrogen-bond donors (Lipinski definition) is 2. The number of hydrogen-bond acceptors (Lipinski definition) is 4. The van der Waals surface area contributed by atoms with Gasteiger partial charge in [-0.15, -0.1) is 0 Å². The van der Waals surface area contributed by atoms with Crippen molar-refractivity contribution < 1.29 is 4.79 Å². The molecule has 2 N–H and O–H groups in total. The molecule has 1 aliphatic carbocycles. The van der Waals surface area contributed by atoms with Gasteiger partial charge in [-0.25, -0.2) is 4.98 Å². The molecule has 5 heteroatoms. The standard InChI is InChI=1S/C15H16N4O/c1-16-14-9-17-8-13(19-14)10-2-4-11(5-3-10)15(20)18-12-6-7-12/h2-5,8-9,12H,6-7H2,1H3,(H,16,19)(H,18,20). The molecule has 1 aromatic heterocycles. The van der Waals surface area contributed by atoms with E-state index in [2.05, 4.69) is 20.6 Å². The summed E-state index contributed by atoms with van der Waals surface area (Å²) in [7, 11) is 1.80. The van der Waals surface area contributed by atoms with Gasteiger partial charge in [-0.05, 0) is 25.0 Å². The van der Waals surface area contributed by atoms with Crippen LogP contribution in [0.3, 0.4) is 0 Å². The Morgan fingerprint density at radius 1 is 1.20 bits per heavy atom. The first kappa shape index (κ1) is 12.6. The molecule has 1 fully saturated rings. The Balaban J connectivity index is 1.79. The maximum absolute atomic E-state index is 11.9. The van der Waals surface area contributed by atoms with E-state index in [0.29, 0.717) is 11.6 Å². The van der Waals surface area contributed by atoms with Gasteiger partial charge in [-0.2, -0.15) is 0 Å². The zero-order valence-corrected chi connectivity index (χ0v) is 11.3. The summed E-state index contributed by atoms with van der Waals surface area (Å²) in [5.74, 6) is 0.715. The predicted molar refractivity (Wildman–Crippen MR) is 77.5 cm³/mol. The normalized spacial score (nSPS) is 13.8. The zero-order valence-electron chi connectivity index (χ0n) is 11.3. The third-order valence-electron chi connectivity index (χ3n) is 3.25. The lowest BCUT2D eigenvalue weighted by atomic mass is 10.1. The van der Waals surface area contributed by atoms with Crippen molar-refractivity contribution in [1.82, 2.24) is 15.3 Å². The molecule has 20 heavy (non-hydrogen) atoms. The molecule has 0 atom stereocenters. The van der Waals surface area contributed by atoms with Crippen LogP contribution in [0.15, 0.2) is 36.7 Å². The molecular weight excluding hydrogens is 252 g/mol. The average Bonchev–Trinajstić information content (AvgIpc) is 3.31. The van der Waals surface area contributed by atoms with Crippen LogP contribution in [-0.4, -0.2) is 29.0 Å². The number of nitrogens with one attached hydrogen (secondary N) is 2. The first-order valence-electron chi connectivity index (χ1n) is 6.67. The molecule has 5 nitrogen and oxygen atoms in total. The van der Waals surface area contributed by atoms with Crippen molar-refractivity contribution in [3.63, 3.8) is 0 Å². The van der Waals surface area contributed by atoms with Crippen LogP contribution < -0.4 is 10.6 Å². The first-order chi connectivity index (χ1) is 9.76. The van der Waals surface area contributed by atoms with Gasteiger partial charge in [0.1, 0.15) is 5.82 Å². The van der Waals surface area contributed by atoms with Crippen LogP contribution in [0.25, 0.3) is 11.3 Å². The van der Waals surface area contributed by atoms with E-state index < -0.39 is 0 Å². The number of nitrogens with zero attached hydrogens (tertiary/aromatic N) is 2. The molecule has 0 spiro atoms. The summed E-state index contributed by atoms with van der Waals surface area (Å²) >= 11 is 0. The predicted octanol–water partition coefficient (Wildman–Crippen LogP) is 2.08. The highest BCUT2D eigenvalue weighted by atomic mass is 16.1. The van der Waals surface area contributed by atoms with Crippen molar-refractivity contribution in [3.05, 3.63) is 42.2 Å². The Kier molecular flexibility index (Phi) is 3.33. The van der Waals surface area contributed by atoms with Gasteiger partial charge in [0, 0.05) is 24.2 Å². The lowest BCUT2D eigenvalue weighted by molar-refractivity contribution is 0.0951. The van der Waals surface area contributed by atoms with E-state index in [1.807, 2.05) is 24.3 Å². The van der Waals surface area contributed by atoms with E-state index in [1.165, 1.54) is 0 Å². The summed E-state index contributed by atoms with van der Waals surface area (Å²) in [6.07, 6.45) is 5.56. The van der Waals surface area contributed by atoms with Crippen LogP contribution in [0.2, 0.25) is 0 Å². The molecule has 3 rings (SSSR count). The number of benzene rings is 1. The maximum Gasteiger partial charge on any atom is 0.251 e. The third kappa shape index (κ3) is 2.77. The topological polar surface area (TPSA) is 66.9 Å². The summed E-state index contributed by atoms with van der Waals surface area (Å²) in [5.41, 5.74) is 2.40. The molecule has 0 saturated heterocycles. The van der Waals surface area contributed by atoms with Gasteiger partial charge in [0.25, 0.3) is 5.91 Å². The second kappa shape index (κ2) is 5.28. The van der Waals surface area contributed by atoms with Gasteiger partial charge in [0.05, 0.1) is 18.1 Å². The fraction of sp³-hybridized carbons (Fsp3) is 0.267. The van der Waals surface area contributed by atoms with Gasteiger partial charge in [0.15, 0.2) is 0 Å². The van der Waals surface area contributed by atoms with E-state index in [9.17, 15) is 4.79 Å². The molecule has 1 aliphatic rings. The second-order valence-corrected chi connectivity index (χ2v) is 4.86. The number of rotatable bonds is 4. The van der Waals surface area contributed by atoms with Gasteiger partial charge < -0.3 is 10.6 Å². The molecule has 1 heterocycles. The lowest BCUT2D eigenvalue weighted by Crippen LogP contribution is -2.25. The van der Waals surface area contributed by atoms with Crippen LogP contribution in [0.4, 0.5) is 5.82 Å². The number of carbonyl (C=O) groups is 1. The monoisotopic (exact) mass is 268 g/mol. The Bertz CT molecular complexity index is 620. The van der Waals surface area contributed by atoms with Crippen molar-refractivity contribution in [2.75, 3.05) is 12.4 Å². The summed E-state index contributed by atoms with van der Waals surface area (Å²) in [4.78, 5) is 20.4. The van der Waals surface area contributed by atoms with Gasteiger partial charge in [-0.3, -0.25) is 9.78 Å². The highest BCUT2D eigenvalue weighted by Gasteiger charge is 2.23. The number of carbonyl (C=O) groups excluding carboxylic acids is 1. The Morgan fingerprint density at radius 3 is 2.60 bits per heavy atom. The van der Waals surface area contributed by atoms with Gasteiger partial charge in [-0.1, -0.05) is 12.1 Å². The minimum atomic E-state index is -0.00545. The molecule has 0 aliphatic heterocycles. The van der Waals surface area contributed by atoms with Gasteiger partial charge in [0.2, 0.25) is 0 Å². The van der Waals surface area contributed by atoms with Crippen molar-refractivity contribution >= 4 is 11.7 Å². The summed E-state index contributed by atoms with van der Waals surface area (Å²) < 4.78 is 0. The van der Waals surface area contributed by atoms with Crippen LogP contribution >= 0.6 is 0 Å². The lowest BCUT2D eigenvalue weighted by Gasteiger charge is -2.06. The average molecular weight is 268 g/mol. The van der Waals surface area contributed by atoms with Crippen LogP contribution in [-0.2, 0) is 0 Å². The number of amides is 1. The van der Waals surface area contributed by atoms with Crippen molar-refractivity contribution in [2.24, 2.45) is 0 Å². The smallest absolute Gasteiger partial charge is 0.251 e. The largest absolute Gasteiger partial charge is 0.372 e. The number of anilines is 1. The minimum absolute atomic E-state index is 0.00545. The van der Waals surface area contributed by atoms with E-state index in [-0.39, 0.29) is 5.91 Å². The van der Waals surface area contributed by atoms with Crippen molar-refractivity contribution in [3.8, 4) is 11.3 Å². The molecule has 1 saturated carbocycles. The molecular formula is C15H16N4O. The van der Waals surface area contributed by atoms with Crippen molar-refractivity contribution in [2.45, 2.75) is 18.9 Å². The Labute approximate surface area is 117 Å². The summed E-state index contributed by atoms with van der Waals surface area (Å²) in [6, 6.07) is 7.80. The van der Waals surface area contributed by atoms with Crippen LogP contribution in [0, 0.1) is 0 Å².